The number of amides is 1. The molecule has 5 nitrogen and oxygen atoms in total. The van der Waals surface area contributed by atoms with E-state index < -0.39 is 12.2 Å². The molecule has 1 heterocycles. The van der Waals surface area contributed by atoms with Gasteiger partial charge in [0.2, 0.25) is 0 Å². The van der Waals surface area contributed by atoms with Gasteiger partial charge in [0.25, 0.3) is 0 Å². The molecule has 144 valence electrons. The first-order chi connectivity index (χ1) is 13.6. The van der Waals surface area contributed by atoms with Gasteiger partial charge in [-0.25, -0.2) is 4.79 Å². The van der Waals surface area contributed by atoms with Crippen molar-refractivity contribution < 1.29 is 19.7 Å². The van der Waals surface area contributed by atoms with Crippen LogP contribution in [0.5, 0.6) is 5.75 Å². The van der Waals surface area contributed by atoms with E-state index in [2.05, 4.69) is 30.3 Å². The molecule has 0 radical (unpaired) electrons. The van der Waals surface area contributed by atoms with Crippen LogP contribution in [0.2, 0.25) is 0 Å². The summed E-state index contributed by atoms with van der Waals surface area (Å²) in [4.78, 5) is 12.3. The Morgan fingerprint density at radius 3 is 2.50 bits per heavy atom. The second kappa shape index (κ2) is 7.90. The summed E-state index contributed by atoms with van der Waals surface area (Å²) in [5, 5.41) is 21.8. The van der Waals surface area contributed by atoms with Crippen LogP contribution in [0.1, 0.15) is 23.5 Å². The van der Waals surface area contributed by atoms with E-state index in [1.807, 2.05) is 36.4 Å². The highest BCUT2D eigenvalue weighted by Gasteiger charge is 2.30. The summed E-state index contributed by atoms with van der Waals surface area (Å²) in [6, 6.07) is 22.3. The molecule has 0 aliphatic carbocycles. The summed E-state index contributed by atoms with van der Waals surface area (Å²) in [7, 11) is 0. The number of aliphatic hydroxyl groups excluding tert-OH is 1. The number of fused-ring (bicyclic) bond motifs is 1. The van der Waals surface area contributed by atoms with Crippen molar-refractivity contribution in [3.8, 4) is 5.75 Å². The predicted molar refractivity (Wildman–Crippen MR) is 108 cm³/mol. The first kappa shape index (κ1) is 18.3. The normalized spacial score (nSPS) is 19.5. The molecule has 1 amide bonds. The fourth-order valence-electron chi connectivity index (χ4n) is 3.80. The van der Waals surface area contributed by atoms with Gasteiger partial charge >= 0.3 is 6.09 Å². The Balaban J connectivity index is 1.38. The van der Waals surface area contributed by atoms with Crippen LogP contribution in [0.25, 0.3) is 10.8 Å². The quantitative estimate of drug-likeness (QED) is 0.713. The van der Waals surface area contributed by atoms with E-state index in [1.165, 1.54) is 15.7 Å². The number of carboxylic acid groups (broad SMARTS) is 1. The summed E-state index contributed by atoms with van der Waals surface area (Å²) >= 11 is 0. The van der Waals surface area contributed by atoms with Gasteiger partial charge in [-0.1, -0.05) is 48.5 Å². The predicted octanol–water partition coefficient (Wildman–Crippen LogP) is 4.25. The molecule has 1 aliphatic rings. The molecule has 1 fully saturated rings. The van der Waals surface area contributed by atoms with Crippen LogP contribution in [0.3, 0.4) is 0 Å². The van der Waals surface area contributed by atoms with Crippen LogP contribution in [0, 0.1) is 0 Å². The third-order valence-corrected chi connectivity index (χ3v) is 5.38. The molecule has 2 N–H and O–H groups in total. The molecule has 1 saturated heterocycles. The number of β-amino-alcohol motifs (C(OH)–C–C–N with tert-alkyl or cyclic N) is 1. The molecule has 0 aromatic heterocycles. The Hall–Kier alpha value is -3.05. The SMILES string of the molecule is O=C(O)N1CCC(c2ccc(OCc3ccc4ccccc4c3)cc2)C(O)C1. The third kappa shape index (κ3) is 3.94. The van der Waals surface area contributed by atoms with E-state index in [1.54, 1.807) is 0 Å². The number of aliphatic hydroxyl groups is 1. The number of benzene rings is 3. The van der Waals surface area contributed by atoms with Crippen molar-refractivity contribution in [1.82, 2.24) is 4.90 Å². The first-order valence-corrected chi connectivity index (χ1v) is 9.46. The molecular weight excluding hydrogens is 354 g/mol. The Kier molecular flexibility index (Phi) is 5.17. The van der Waals surface area contributed by atoms with E-state index >= 15 is 0 Å². The van der Waals surface area contributed by atoms with Crippen molar-refractivity contribution in [2.75, 3.05) is 13.1 Å². The van der Waals surface area contributed by atoms with Crippen LogP contribution < -0.4 is 4.74 Å². The van der Waals surface area contributed by atoms with Crippen molar-refractivity contribution in [1.29, 1.82) is 0 Å². The minimum atomic E-state index is -0.977. The summed E-state index contributed by atoms with van der Waals surface area (Å²) in [6.45, 7) is 1.08. The number of hydrogen-bond acceptors (Lipinski definition) is 3. The largest absolute Gasteiger partial charge is 0.489 e. The Labute approximate surface area is 163 Å². The van der Waals surface area contributed by atoms with Crippen molar-refractivity contribution in [3.05, 3.63) is 77.9 Å². The second-order valence-electron chi connectivity index (χ2n) is 7.23. The number of piperidine rings is 1. The molecule has 3 aromatic rings. The van der Waals surface area contributed by atoms with Gasteiger partial charge in [0, 0.05) is 12.5 Å². The molecule has 4 rings (SSSR count). The minimum Gasteiger partial charge on any atom is -0.489 e. The maximum atomic E-state index is 11.0. The average Bonchev–Trinajstić information content (AvgIpc) is 2.72. The molecule has 0 bridgehead atoms. The summed E-state index contributed by atoms with van der Waals surface area (Å²) in [5.41, 5.74) is 2.12. The average molecular weight is 377 g/mol. The van der Waals surface area contributed by atoms with E-state index in [-0.39, 0.29) is 12.5 Å². The summed E-state index contributed by atoms with van der Waals surface area (Å²) in [5.74, 6) is 0.722. The zero-order chi connectivity index (χ0) is 19.5. The Morgan fingerprint density at radius 1 is 1.04 bits per heavy atom. The maximum Gasteiger partial charge on any atom is 0.407 e. The zero-order valence-corrected chi connectivity index (χ0v) is 15.5. The fourth-order valence-corrected chi connectivity index (χ4v) is 3.80. The van der Waals surface area contributed by atoms with Gasteiger partial charge in [-0.05, 0) is 46.5 Å². The smallest absolute Gasteiger partial charge is 0.407 e. The van der Waals surface area contributed by atoms with E-state index in [9.17, 15) is 9.90 Å². The number of likely N-dealkylation sites (tertiary alicyclic amines) is 1. The van der Waals surface area contributed by atoms with Gasteiger partial charge in [0.05, 0.1) is 12.6 Å². The van der Waals surface area contributed by atoms with Crippen molar-refractivity contribution in [2.24, 2.45) is 0 Å². The minimum absolute atomic E-state index is 0.0508. The molecule has 0 spiro atoms. The van der Waals surface area contributed by atoms with E-state index in [4.69, 9.17) is 9.84 Å². The van der Waals surface area contributed by atoms with Crippen LogP contribution in [-0.2, 0) is 6.61 Å². The van der Waals surface area contributed by atoms with Crippen LogP contribution in [0.4, 0.5) is 4.79 Å². The molecular formula is C23H23NO4. The first-order valence-electron chi connectivity index (χ1n) is 9.46. The highest BCUT2D eigenvalue weighted by atomic mass is 16.5. The lowest BCUT2D eigenvalue weighted by Crippen LogP contribution is -2.45. The maximum absolute atomic E-state index is 11.0. The van der Waals surface area contributed by atoms with Gasteiger partial charge in [0.15, 0.2) is 0 Å². The van der Waals surface area contributed by atoms with E-state index in [0.717, 1.165) is 16.9 Å². The lowest BCUT2D eigenvalue weighted by atomic mass is 9.87. The van der Waals surface area contributed by atoms with Crippen molar-refractivity contribution in [3.63, 3.8) is 0 Å². The molecule has 5 heteroatoms. The fraction of sp³-hybridized carbons (Fsp3) is 0.261. The Morgan fingerprint density at radius 2 is 1.79 bits per heavy atom. The van der Waals surface area contributed by atoms with E-state index in [0.29, 0.717) is 19.6 Å². The molecule has 3 aromatic carbocycles. The summed E-state index contributed by atoms with van der Waals surface area (Å²) in [6.07, 6.45) is -1.05. The lowest BCUT2D eigenvalue weighted by Gasteiger charge is -2.34. The van der Waals surface area contributed by atoms with Gasteiger partial charge in [-0.2, -0.15) is 0 Å². The number of carbonyl (C=O) groups is 1. The zero-order valence-electron chi connectivity index (χ0n) is 15.5. The third-order valence-electron chi connectivity index (χ3n) is 5.38. The van der Waals surface area contributed by atoms with Gasteiger partial charge in [-0.15, -0.1) is 0 Å². The molecule has 2 atom stereocenters. The molecule has 2 unspecified atom stereocenters. The van der Waals surface area contributed by atoms with Crippen molar-refractivity contribution >= 4 is 16.9 Å². The monoisotopic (exact) mass is 377 g/mol. The summed E-state index contributed by atoms with van der Waals surface area (Å²) < 4.78 is 5.91. The second-order valence-corrected chi connectivity index (χ2v) is 7.23. The molecule has 0 saturated carbocycles. The number of ether oxygens (including phenoxy) is 1. The number of hydrogen-bond donors (Lipinski definition) is 2. The number of nitrogens with zero attached hydrogens (tertiary/aromatic N) is 1. The van der Waals surface area contributed by atoms with Gasteiger partial charge in [-0.3, -0.25) is 0 Å². The van der Waals surface area contributed by atoms with Gasteiger partial charge in [0.1, 0.15) is 12.4 Å². The number of rotatable bonds is 4. The van der Waals surface area contributed by atoms with Crippen molar-refractivity contribution in [2.45, 2.75) is 25.0 Å². The highest BCUT2D eigenvalue weighted by molar-refractivity contribution is 5.82. The van der Waals surface area contributed by atoms with Crippen LogP contribution >= 0.6 is 0 Å². The van der Waals surface area contributed by atoms with Crippen LogP contribution in [0.15, 0.2) is 66.7 Å². The van der Waals surface area contributed by atoms with Crippen LogP contribution in [-0.4, -0.2) is 40.4 Å². The van der Waals surface area contributed by atoms with Gasteiger partial charge < -0.3 is 19.8 Å². The molecule has 1 aliphatic heterocycles. The molecule has 28 heavy (non-hydrogen) atoms. The lowest BCUT2D eigenvalue weighted by molar-refractivity contribution is 0.0504. The highest BCUT2D eigenvalue weighted by Crippen LogP contribution is 2.30. The standard InChI is InChI=1S/C23H23NO4/c25-22-14-24(23(26)27)12-11-21(22)18-7-9-20(10-8-18)28-15-16-5-6-17-3-1-2-4-19(17)13-16/h1-10,13,21-22,25H,11-12,14-15H2,(H,26,27). The topological polar surface area (TPSA) is 70.0 Å². The Bertz CT molecular complexity index is 970.